The monoisotopic (exact) mass is 232 g/mol. The SMILES string of the molecule is Cc1nn(C)cc1Nc1ncccc1C(=O)O. The van der Waals surface area contributed by atoms with E-state index in [4.69, 9.17) is 5.11 Å². The molecule has 0 bridgehead atoms. The molecule has 2 aromatic heterocycles. The van der Waals surface area contributed by atoms with Gasteiger partial charge in [-0.1, -0.05) is 0 Å². The molecule has 17 heavy (non-hydrogen) atoms. The molecule has 6 heteroatoms. The summed E-state index contributed by atoms with van der Waals surface area (Å²) < 4.78 is 1.65. The Bertz CT molecular complexity index is 562. The fourth-order valence-corrected chi connectivity index (χ4v) is 1.53. The van der Waals surface area contributed by atoms with Crippen LogP contribution in [0.5, 0.6) is 0 Å². The average Bonchev–Trinajstić information content (AvgIpc) is 2.58. The minimum atomic E-state index is -1.01. The zero-order valence-electron chi connectivity index (χ0n) is 9.51. The first-order chi connectivity index (χ1) is 8.08. The summed E-state index contributed by atoms with van der Waals surface area (Å²) in [5, 5.41) is 16.1. The van der Waals surface area contributed by atoms with Gasteiger partial charge in [-0.05, 0) is 19.1 Å². The quantitative estimate of drug-likeness (QED) is 0.839. The number of carbonyl (C=O) groups is 1. The number of aromatic nitrogens is 3. The zero-order chi connectivity index (χ0) is 12.4. The van der Waals surface area contributed by atoms with Crippen molar-refractivity contribution < 1.29 is 9.90 Å². The molecule has 0 saturated heterocycles. The number of hydrogen-bond acceptors (Lipinski definition) is 4. The van der Waals surface area contributed by atoms with E-state index in [1.54, 1.807) is 30.2 Å². The van der Waals surface area contributed by atoms with Crippen LogP contribution in [0.1, 0.15) is 16.1 Å². The molecule has 2 N–H and O–H groups in total. The van der Waals surface area contributed by atoms with Crippen LogP contribution in [0.25, 0.3) is 0 Å². The maximum atomic E-state index is 11.0. The highest BCUT2D eigenvalue weighted by molar-refractivity contribution is 5.93. The van der Waals surface area contributed by atoms with Gasteiger partial charge in [0.25, 0.3) is 0 Å². The Balaban J connectivity index is 2.36. The summed E-state index contributed by atoms with van der Waals surface area (Å²) in [6, 6.07) is 3.09. The summed E-state index contributed by atoms with van der Waals surface area (Å²) in [5.74, 6) is -0.696. The molecule has 0 saturated carbocycles. The van der Waals surface area contributed by atoms with Crippen molar-refractivity contribution in [3.8, 4) is 0 Å². The number of pyridine rings is 1. The maximum absolute atomic E-state index is 11.0. The van der Waals surface area contributed by atoms with Crippen molar-refractivity contribution in [1.82, 2.24) is 14.8 Å². The standard InChI is InChI=1S/C11H12N4O2/c1-7-9(6-15(2)14-7)13-10-8(11(16)17)4-3-5-12-10/h3-6H,1-2H3,(H,12,13)(H,16,17). The van der Waals surface area contributed by atoms with Crippen LogP contribution in [-0.4, -0.2) is 25.8 Å². The van der Waals surface area contributed by atoms with Gasteiger partial charge in [0.15, 0.2) is 0 Å². The lowest BCUT2D eigenvalue weighted by Crippen LogP contribution is -2.04. The molecule has 0 aliphatic rings. The number of carboxylic acids is 1. The number of aromatic carboxylic acids is 1. The van der Waals surface area contributed by atoms with E-state index in [2.05, 4.69) is 15.4 Å². The summed E-state index contributed by atoms with van der Waals surface area (Å²) in [6.45, 7) is 1.84. The number of rotatable bonds is 3. The van der Waals surface area contributed by atoms with E-state index in [-0.39, 0.29) is 5.56 Å². The van der Waals surface area contributed by atoms with Gasteiger partial charge in [-0.25, -0.2) is 9.78 Å². The van der Waals surface area contributed by atoms with Crippen LogP contribution in [0.2, 0.25) is 0 Å². The fourth-order valence-electron chi connectivity index (χ4n) is 1.53. The molecule has 0 aliphatic carbocycles. The van der Waals surface area contributed by atoms with E-state index in [0.717, 1.165) is 11.4 Å². The highest BCUT2D eigenvalue weighted by Crippen LogP contribution is 2.20. The summed E-state index contributed by atoms with van der Waals surface area (Å²) >= 11 is 0. The second-order valence-electron chi connectivity index (χ2n) is 3.63. The van der Waals surface area contributed by atoms with Crippen molar-refractivity contribution in [2.24, 2.45) is 7.05 Å². The van der Waals surface area contributed by atoms with E-state index in [1.807, 2.05) is 6.92 Å². The van der Waals surface area contributed by atoms with Crippen molar-refractivity contribution in [1.29, 1.82) is 0 Å². The number of carboxylic acid groups (broad SMARTS) is 1. The predicted molar refractivity (Wildman–Crippen MR) is 62.4 cm³/mol. The Kier molecular flexibility index (Phi) is 2.78. The number of nitrogens with one attached hydrogen (secondary N) is 1. The Hall–Kier alpha value is -2.37. The maximum Gasteiger partial charge on any atom is 0.339 e. The zero-order valence-corrected chi connectivity index (χ0v) is 9.51. The third kappa shape index (κ3) is 2.25. The summed E-state index contributed by atoms with van der Waals surface area (Å²) in [5.41, 5.74) is 1.67. The van der Waals surface area contributed by atoms with Crippen LogP contribution in [-0.2, 0) is 7.05 Å². The molecule has 2 heterocycles. The molecule has 0 atom stereocenters. The average molecular weight is 232 g/mol. The predicted octanol–water partition coefficient (Wildman–Crippen LogP) is 1.57. The molecule has 2 rings (SSSR count). The minimum absolute atomic E-state index is 0.135. The summed E-state index contributed by atoms with van der Waals surface area (Å²) in [4.78, 5) is 15.0. The van der Waals surface area contributed by atoms with Crippen molar-refractivity contribution in [3.05, 3.63) is 35.8 Å². The van der Waals surface area contributed by atoms with Crippen LogP contribution in [0.3, 0.4) is 0 Å². The van der Waals surface area contributed by atoms with Gasteiger partial charge in [-0.2, -0.15) is 5.10 Å². The third-order valence-corrected chi connectivity index (χ3v) is 2.30. The first-order valence-corrected chi connectivity index (χ1v) is 5.03. The number of nitrogens with zero attached hydrogens (tertiary/aromatic N) is 3. The van der Waals surface area contributed by atoms with Crippen molar-refractivity contribution >= 4 is 17.5 Å². The van der Waals surface area contributed by atoms with E-state index in [0.29, 0.717) is 5.82 Å². The topological polar surface area (TPSA) is 80.0 Å². The van der Waals surface area contributed by atoms with Crippen LogP contribution >= 0.6 is 0 Å². The molecule has 0 aliphatic heterocycles. The molecule has 0 unspecified atom stereocenters. The van der Waals surface area contributed by atoms with Gasteiger partial charge in [-0.15, -0.1) is 0 Å². The molecule has 0 aromatic carbocycles. The molecule has 88 valence electrons. The fraction of sp³-hybridized carbons (Fsp3) is 0.182. The molecular weight excluding hydrogens is 220 g/mol. The van der Waals surface area contributed by atoms with Gasteiger partial charge in [-0.3, -0.25) is 4.68 Å². The molecule has 0 amide bonds. The van der Waals surface area contributed by atoms with Crippen molar-refractivity contribution in [2.75, 3.05) is 5.32 Å². The van der Waals surface area contributed by atoms with Crippen LogP contribution < -0.4 is 5.32 Å². The van der Waals surface area contributed by atoms with Gasteiger partial charge >= 0.3 is 5.97 Å². The Labute approximate surface area is 97.9 Å². The van der Waals surface area contributed by atoms with Crippen molar-refractivity contribution in [3.63, 3.8) is 0 Å². The Morgan fingerprint density at radius 1 is 1.53 bits per heavy atom. The van der Waals surface area contributed by atoms with Crippen molar-refractivity contribution in [2.45, 2.75) is 6.92 Å². The molecule has 6 nitrogen and oxygen atoms in total. The number of anilines is 2. The summed E-state index contributed by atoms with van der Waals surface area (Å²) in [7, 11) is 1.80. The molecule has 0 spiro atoms. The van der Waals surface area contributed by atoms with Gasteiger partial charge in [0.2, 0.25) is 0 Å². The highest BCUT2D eigenvalue weighted by atomic mass is 16.4. The first kappa shape index (κ1) is 11.1. The lowest BCUT2D eigenvalue weighted by Gasteiger charge is -2.06. The molecule has 0 fully saturated rings. The van der Waals surface area contributed by atoms with E-state index >= 15 is 0 Å². The van der Waals surface area contributed by atoms with Gasteiger partial charge in [0.05, 0.1) is 11.4 Å². The lowest BCUT2D eigenvalue weighted by molar-refractivity contribution is 0.0697. The van der Waals surface area contributed by atoms with Gasteiger partial charge in [0, 0.05) is 19.4 Å². The molecule has 2 aromatic rings. The van der Waals surface area contributed by atoms with Crippen LogP contribution in [0.4, 0.5) is 11.5 Å². The molecule has 0 radical (unpaired) electrons. The van der Waals surface area contributed by atoms with E-state index in [1.165, 1.54) is 6.07 Å². The summed E-state index contributed by atoms with van der Waals surface area (Å²) in [6.07, 6.45) is 3.32. The normalized spacial score (nSPS) is 10.2. The lowest BCUT2D eigenvalue weighted by atomic mass is 10.2. The van der Waals surface area contributed by atoms with E-state index < -0.39 is 5.97 Å². The van der Waals surface area contributed by atoms with E-state index in [9.17, 15) is 4.79 Å². The Morgan fingerprint density at radius 2 is 2.29 bits per heavy atom. The third-order valence-electron chi connectivity index (χ3n) is 2.30. The van der Waals surface area contributed by atoms with Gasteiger partial charge < -0.3 is 10.4 Å². The van der Waals surface area contributed by atoms with Crippen LogP contribution in [0, 0.1) is 6.92 Å². The number of hydrogen-bond donors (Lipinski definition) is 2. The number of aryl methyl sites for hydroxylation is 2. The largest absolute Gasteiger partial charge is 0.478 e. The Morgan fingerprint density at radius 3 is 2.88 bits per heavy atom. The minimum Gasteiger partial charge on any atom is -0.478 e. The van der Waals surface area contributed by atoms with Crippen LogP contribution in [0.15, 0.2) is 24.5 Å². The molecular formula is C11H12N4O2. The van der Waals surface area contributed by atoms with Gasteiger partial charge in [0.1, 0.15) is 11.4 Å². The first-order valence-electron chi connectivity index (χ1n) is 5.03. The second kappa shape index (κ2) is 4.25. The smallest absolute Gasteiger partial charge is 0.339 e. The second-order valence-corrected chi connectivity index (χ2v) is 3.63. The highest BCUT2D eigenvalue weighted by Gasteiger charge is 2.12.